The van der Waals surface area contributed by atoms with E-state index in [9.17, 15) is 23.3 Å². The third-order valence-corrected chi connectivity index (χ3v) is 5.76. The van der Waals surface area contributed by atoms with E-state index in [0.717, 1.165) is 38.4 Å². The van der Waals surface area contributed by atoms with Crippen LogP contribution in [0.4, 0.5) is 11.4 Å². The van der Waals surface area contributed by atoms with Gasteiger partial charge >= 0.3 is 0 Å². The Morgan fingerprint density at radius 2 is 1.96 bits per heavy atom. The van der Waals surface area contributed by atoms with Gasteiger partial charge in [0.1, 0.15) is 0 Å². The number of rotatable bonds is 6. The minimum atomic E-state index is -3.52. The first kappa shape index (κ1) is 19.3. The van der Waals surface area contributed by atoms with Gasteiger partial charge in [0.2, 0.25) is 15.9 Å². The fourth-order valence-corrected chi connectivity index (χ4v) is 4.28. The molecule has 8 nitrogen and oxygen atoms in total. The molecular weight excluding hydrogens is 346 g/mol. The Morgan fingerprint density at radius 3 is 2.52 bits per heavy atom. The highest BCUT2D eigenvalue weighted by molar-refractivity contribution is 7.88. The van der Waals surface area contributed by atoms with Gasteiger partial charge in [-0.1, -0.05) is 25.3 Å². The first-order valence-corrected chi connectivity index (χ1v) is 10.1. The SMILES string of the molecule is Cc1c(NC(=O)CN(C2CCCCC2)S(C)(=O)=O)cccc1[N+](=O)[O-]. The van der Waals surface area contributed by atoms with Crippen LogP contribution in [-0.4, -0.2) is 42.4 Å². The second kappa shape index (κ2) is 7.92. The summed E-state index contributed by atoms with van der Waals surface area (Å²) >= 11 is 0. The zero-order chi connectivity index (χ0) is 18.6. The molecule has 0 atom stereocenters. The van der Waals surface area contributed by atoms with E-state index in [1.807, 2.05) is 0 Å². The molecular formula is C16H23N3O5S. The van der Waals surface area contributed by atoms with Crippen molar-refractivity contribution in [2.75, 3.05) is 18.1 Å². The standard InChI is InChI=1S/C16H23N3O5S/c1-12-14(9-6-10-15(12)19(21)22)17-16(20)11-18(25(2,23)24)13-7-4-3-5-8-13/h6,9-10,13H,3-5,7-8,11H2,1-2H3,(H,17,20). The van der Waals surface area contributed by atoms with Gasteiger partial charge in [-0.05, 0) is 25.8 Å². The number of benzene rings is 1. The van der Waals surface area contributed by atoms with Crippen LogP contribution >= 0.6 is 0 Å². The first-order chi connectivity index (χ1) is 11.7. The molecule has 0 saturated heterocycles. The maximum Gasteiger partial charge on any atom is 0.274 e. The Kier molecular flexibility index (Phi) is 6.12. The lowest BCUT2D eigenvalue weighted by atomic mass is 9.95. The summed E-state index contributed by atoms with van der Waals surface area (Å²) in [5, 5.41) is 13.6. The summed E-state index contributed by atoms with van der Waals surface area (Å²) in [5.74, 6) is -0.500. The summed E-state index contributed by atoms with van der Waals surface area (Å²) < 4.78 is 25.4. The minimum Gasteiger partial charge on any atom is -0.324 e. The number of nitrogens with zero attached hydrogens (tertiary/aromatic N) is 2. The molecule has 9 heteroatoms. The van der Waals surface area contributed by atoms with E-state index >= 15 is 0 Å². The number of hydrogen-bond acceptors (Lipinski definition) is 5. The highest BCUT2D eigenvalue weighted by Gasteiger charge is 2.30. The van der Waals surface area contributed by atoms with Gasteiger partial charge in [-0.15, -0.1) is 0 Å². The lowest BCUT2D eigenvalue weighted by Gasteiger charge is -2.31. The monoisotopic (exact) mass is 369 g/mol. The van der Waals surface area contributed by atoms with Crippen molar-refractivity contribution in [3.8, 4) is 0 Å². The molecule has 0 aromatic heterocycles. The van der Waals surface area contributed by atoms with Crippen LogP contribution in [0.2, 0.25) is 0 Å². The molecule has 1 amide bonds. The smallest absolute Gasteiger partial charge is 0.274 e. The number of hydrogen-bond donors (Lipinski definition) is 1. The maximum atomic E-state index is 12.4. The van der Waals surface area contributed by atoms with E-state index in [2.05, 4.69) is 5.32 Å². The van der Waals surface area contributed by atoms with Crippen molar-refractivity contribution in [3.63, 3.8) is 0 Å². The van der Waals surface area contributed by atoms with Crippen molar-refractivity contribution < 1.29 is 18.1 Å². The Labute approximate surface area is 147 Å². The van der Waals surface area contributed by atoms with Crippen molar-refractivity contribution >= 4 is 27.3 Å². The van der Waals surface area contributed by atoms with Crippen molar-refractivity contribution in [1.29, 1.82) is 0 Å². The summed E-state index contributed by atoms with van der Waals surface area (Å²) in [5.41, 5.74) is 0.561. The van der Waals surface area contributed by atoms with E-state index < -0.39 is 20.9 Å². The lowest BCUT2D eigenvalue weighted by molar-refractivity contribution is -0.385. The van der Waals surface area contributed by atoms with Crippen LogP contribution in [0.15, 0.2) is 18.2 Å². The van der Waals surface area contributed by atoms with Crippen LogP contribution in [-0.2, 0) is 14.8 Å². The Balaban J connectivity index is 2.14. The van der Waals surface area contributed by atoms with E-state index in [1.54, 1.807) is 13.0 Å². The molecule has 1 aromatic carbocycles. The number of nitro benzene ring substituents is 1. The predicted molar refractivity (Wildman–Crippen MR) is 94.9 cm³/mol. The predicted octanol–water partition coefficient (Wildman–Crippen LogP) is 2.44. The summed E-state index contributed by atoms with van der Waals surface area (Å²) in [6.07, 6.45) is 5.57. The minimum absolute atomic E-state index is 0.0925. The molecule has 0 radical (unpaired) electrons. The highest BCUT2D eigenvalue weighted by atomic mass is 32.2. The highest BCUT2D eigenvalue weighted by Crippen LogP contribution is 2.26. The molecule has 138 valence electrons. The molecule has 0 aliphatic heterocycles. The lowest BCUT2D eigenvalue weighted by Crippen LogP contribution is -2.45. The van der Waals surface area contributed by atoms with Gasteiger partial charge in [-0.3, -0.25) is 14.9 Å². The number of anilines is 1. The van der Waals surface area contributed by atoms with Gasteiger partial charge in [-0.2, -0.15) is 4.31 Å². The molecule has 0 unspecified atom stereocenters. The number of sulfonamides is 1. The number of carbonyl (C=O) groups excluding carboxylic acids is 1. The van der Waals surface area contributed by atoms with E-state index in [-0.39, 0.29) is 18.3 Å². The molecule has 1 fully saturated rings. The van der Waals surface area contributed by atoms with Crippen LogP contribution < -0.4 is 5.32 Å². The van der Waals surface area contributed by atoms with E-state index in [0.29, 0.717) is 11.3 Å². The van der Waals surface area contributed by atoms with E-state index in [1.165, 1.54) is 16.4 Å². The normalized spacial score (nSPS) is 16.0. The van der Waals surface area contributed by atoms with E-state index in [4.69, 9.17) is 0 Å². The van der Waals surface area contributed by atoms with Crippen LogP contribution in [0, 0.1) is 17.0 Å². The Hall–Kier alpha value is -2.00. The second-order valence-electron chi connectivity index (χ2n) is 6.36. The summed E-state index contributed by atoms with van der Waals surface area (Å²) in [4.78, 5) is 22.8. The van der Waals surface area contributed by atoms with Gasteiger partial charge in [0, 0.05) is 12.1 Å². The zero-order valence-corrected chi connectivity index (χ0v) is 15.2. The fraction of sp³-hybridized carbons (Fsp3) is 0.562. The molecule has 0 heterocycles. The van der Waals surface area contributed by atoms with Gasteiger partial charge in [0.05, 0.1) is 29.0 Å². The number of nitro groups is 1. The number of amides is 1. The molecule has 1 saturated carbocycles. The maximum absolute atomic E-state index is 12.4. The largest absolute Gasteiger partial charge is 0.324 e. The third-order valence-electron chi connectivity index (χ3n) is 4.48. The quantitative estimate of drug-likeness (QED) is 0.612. The molecule has 0 bridgehead atoms. The molecule has 0 spiro atoms. The fourth-order valence-electron chi connectivity index (χ4n) is 3.17. The van der Waals surface area contributed by atoms with Gasteiger partial charge in [0.25, 0.3) is 5.69 Å². The Morgan fingerprint density at radius 1 is 1.32 bits per heavy atom. The molecule has 25 heavy (non-hydrogen) atoms. The second-order valence-corrected chi connectivity index (χ2v) is 8.29. The van der Waals surface area contributed by atoms with Crippen molar-refractivity contribution in [3.05, 3.63) is 33.9 Å². The average molecular weight is 369 g/mol. The van der Waals surface area contributed by atoms with Crippen LogP contribution in [0.3, 0.4) is 0 Å². The third kappa shape index (κ3) is 4.99. The first-order valence-electron chi connectivity index (χ1n) is 8.21. The summed E-state index contributed by atoms with van der Waals surface area (Å²) in [7, 11) is -3.52. The molecule has 1 aliphatic rings. The van der Waals surface area contributed by atoms with Crippen LogP contribution in [0.1, 0.15) is 37.7 Å². The van der Waals surface area contributed by atoms with Gasteiger partial charge in [0.15, 0.2) is 0 Å². The van der Waals surface area contributed by atoms with Crippen LogP contribution in [0.25, 0.3) is 0 Å². The summed E-state index contributed by atoms with van der Waals surface area (Å²) in [6, 6.07) is 4.23. The van der Waals surface area contributed by atoms with Crippen molar-refractivity contribution in [2.24, 2.45) is 0 Å². The topological polar surface area (TPSA) is 110 Å². The molecule has 1 N–H and O–H groups in total. The molecule has 1 aliphatic carbocycles. The van der Waals surface area contributed by atoms with Gasteiger partial charge < -0.3 is 5.32 Å². The van der Waals surface area contributed by atoms with Gasteiger partial charge in [-0.25, -0.2) is 8.42 Å². The van der Waals surface area contributed by atoms with Crippen molar-refractivity contribution in [2.45, 2.75) is 45.1 Å². The molecule has 2 rings (SSSR count). The van der Waals surface area contributed by atoms with Crippen LogP contribution in [0.5, 0.6) is 0 Å². The number of carbonyl (C=O) groups is 1. The molecule has 1 aromatic rings. The Bertz CT molecular complexity index is 757. The zero-order valence-electron chi connectivity index (χ0n) is 14.4. The number of nitrogens with one attached hydrogen (secondary N) is 1. The average Bonchev–Trinajstić information content (AvgIpc) is 2.54. The van der Waals surface area contributed by atoms with Crippen molar-refractivity contribution in [1.82, 2.24) is 4.31 Å². The summed E-state index contributed by atoms with van der Waals surface area (Å²) in [6.45, 7) is 1.26.